The molecular formula is C11H9F3N2O2S. The van der Waals surface area contributed by atoms with E-state index in [1.807, 2.05) is 0 Å². The fourth-order valence-electron chi connectivity index (χ4n) is 1.66. The molecule has 0 bridgehead atoms. The van der Waals surface area contributed by atoms with E-state index in [1.165, 1.54) is 18.5 Å². The fourth-order valence-corrected chi connectivity index (χ4v) is 2.55. The molecule has 0 atom stereocenters. The zero-order valence-corrected chi connectivity index (χ0v) is 10.5. The molecule has 0 aliphatic carbocycles. The van der Waals surface area contributed by atoms with Gasteiger partial charge in [-0.15, -0.1) is 0 Å². The first-order valence-electron chi connectivity index (χ1n) is 5.10. The SMILES string of the molecule is CS(=O)(=O)c1ccc(-c2cn[nH]c2)cc1C(F)(F)F. The molecule has 2 rings (SSSR count). The molecule has 2 aromatic rings. The van der Waals surface area contributed by atoms with E-state index in [0.29, 0.717) is 5.56 Å². The van der Waals surface area contributed by atoms with Gasteiger partial charge in [0.2, 0.25) is 0 Å². The van der Waals surface area contributed by atoms with Crippen LogP contribution >= 0.6 is 0 Å². The molecule has 0 unspecified atom stereocenters. The highest BCUT2D eigenvalue weighted by molar-refractivity contribution is 7.90. The summed E-state index contributed by atoms with van der Waals surface area (Å²) in [5, 5.41) is 6.12. The number of nitrogens with one attached hydrogen (secondary N) is 1. The van der Waals surface area contributed by atoms with Crippen molar-refractivity contribution in [1.29, 1.82) is 0 Å². The molecule has 1 N–H and O–H groups in total. The minimum atomic E-state index is -4.74. The van der Waals surface area contributed by atoms with Crippen LogP contribution in [0.5, 0.6) is 0 Å². The number of hydrogen-bond acceptors (Lipinski definition) is 3. The topological polar surface area (TPSA) is 62.8 Å². The van der Waals surface area contributed by atoms with E-state index in [4.69, 9.17) is 0 Å². The van der Waals surface area contributed by atoms with Crippen LogP contribution in [0, 0.1) is 0 Å². The summed E-state index contributed by atoms with van der Waals surface area (Å²) in [4.78, 5) is -0.729. The Morgan fingerprint density at radius 3 is 2.37 bits per heavy atom. The molecule has 1 aromatic carbocycles. The minimum absolute atomic E-state index is 0.244. The van der Waals surface area contributed by atoms with Crippen LogP contribution in [0.4, 0.5) is 13.2 Å². The number of aromatic nitrogens is 2. The third kappa shape index (κ3) is 2.78. The molecule has 0 radical (unpaired) electrons. The van der Waals surface area contributed by atoms with Crippen molar-refractivity contribution in [3.8, 4) is 11.1 Å². The molecule has 0 saturated heterocycles. The van der Waals surface area contributed by atoms with Gasteiger partial charge in [0.1, 0.15) is 0 Å². The number of benzene rings is 1. The summed E-state index contributed by atoms with van der Waals surface area (Å²) in [5.41, 5.74) is -0.479. The second-order valence-corrected chi connectivity index (χ2v) is 5.95. The van der Waals surface area contributed by atoms with Crippen LogP contribution < -0.4 is 0 Å². The number of sulfone groups is 1. The monoisotopic (exact) mass is 290 g/mol. The summed E-state index contributed by atoms with van der Waals surface area (Å²) in [7, 11) is -3.95. The van der Waals surface area contributed by atoms with Gasteiger partial charge in [0, 0.05) is 18.0 Å². The van der Waals surface area contributed by atoms with E-state index < -0.39 is 26.5 Å². The summed E-state index contributed by atoms with van der Waals surface area (Å²) in [6.07, 6.45) is -1.21. The van der Waals surface area contributed by atoms with Crippen LogP contribution in [0.3, 0.4) is 0 Å². The van der Waals surface area contributed by atoms with Crippen molar-refractivity contribution >= 4 is 9.84 Å². The largest absolute Gasteiger partial charge is 0.417 e. The van der Waals surface area contributed by atoms with E-state index >= 15 is 0 Å². The summed E-state index contributed by atoms with van der Waals surface area (Å²) in [6.45, 7) is 0. The van der Waals surface area contributed by atoms with Crippen LogP contribution in [-0.4, -0.2) is 24.9 Å². The number of nitrogens with zero attached hydrogens (tertiary/aromatic N) is 1. The average molecular weight is 290 g/mol. The highest BCUT2D eigenvalue weighted by Crippen LogP contribution is 2.36. The second kappa shape index (κ2) is 4.37. The van der Waals surface area contributed by atoms with Crippen LogP contribution in [-0.2, 0) is 16.0 Å². The van der Waals surface area contributed by atoms with Gasteiger partial charge >= 0.3 is 6.18 Å². The lowest BCUT2D eigenvalue weighted by atomic mass is 10.1. The molecule has 0 fully saturated rings. The van der Waals surface area contributed by atoms with E-state index in [2.05, 4.69) is 10.2 Å². The number of halogens is 3. The number of rotatable bonds is 2. The lowest BCUT2D eigenvalue weighted by Gasteiger charge is -2.12. The van der Waals surface area contributed by atoms with Gasteiger partial charge in [-0.05, 0) is 17.7 Å². The fraction of sp³-hybridized carbons (Fsp3) is 0.182. The normalized spacial score (nSPS) is 12.6. The van der Waals surface area contributed by atoms with Gasteiger partial charge in [0.25, 0.3) is 0 Å². The van der Waals surface area contributed by atoms with Gasteiger partial charge < -0.3 is 0 Å². The maximum absolute atomic E-state index is 12.9. The molecule has 0 amide bonds. The van der Waals surface area contributed by atoms with E-state index in [1.54, 1.807) is 0 Å². The van der Waals surface area contributed by atoms with Crippen molar-refractivity contribution in [3.63, 3.8) is 0 Å². The minimum Gasteiger partial charge on any atom is -0.285 e. The predicted molar refractivity (Wildman–Crippen MR) is 62.1 cm³/mol. The highest BCUT2D eigenvalue weighted by atomic mass is 32.2. The predicted octanol–water partition coefficient (Wildman–Crippen LogP) is 2.50. The Labute approximate surface area is 107 Å². The molecular weight excluding hydrogens is 281 g/mol. The molecule has 0 spiro atoms. The van der Waals surface area contributed by atoms with Crippen LogP contribution in [0.15, 0.2) is 35.5 Å². The molecule has 0 saturated carbocycles. The number of hydrogen-bond donors (Lipinski definition) is 1. The zero-order valence-electron chi connectivity index (χ0n) is 9.69. The average Bonchev–Trinajstić information content (AvgIpc) is 2.79. The van der Waals surface area contributed by atoms with Crippen molar-refractivity contribution in [3.05, 3.63) is 36.2 Å². The van der Waals surface area contributed by atoms with Gasteiger partial charge in [-0.25, -0.2) is 8.42 Å². The Morgan fingerprint density at radius 2 is 1.89 bits per heavy atom. The Morgan fingerprint density at radius 1 is 1.21 bits per heavy atom. The van der Waals surface area contributed by atoms with E-state index in [9.17, 15) is 21.6 Å². The van der Waals surface area contributed by atoms with Gasteiger partial charge in [-0.3, -0.25) is 5.10 Å². The summed E-state index contributed by atoms with van der Waals surface area (Å²) in [6, 6.07) is 3.08. The Kier molecular flexibility index (Phi) is 3.13. The van der Waals surface area contributed by atoms with Crippen LogP contribution in [0.2, 0.25) is 0 Å². The summed E-state index contributed by atoms with van der Waals surface area (Å²) in [5.74, 6) is 0. The van der Waals surface area contributed by atoms with E-state index in [-0.39, 0.29) is 5.56 Å². The maximum Gasteiger partial charge on any atom is 0.417 e. The molecule has 8 heteroatoms. The van der Waals surface area contributed by atoms with Crippen molar-refractivity contribution in [2.45, 2.75) is 11.1 Å². The van der Waals surface area contributed by atoms with Gasteiger partial charge in [-0.1, -0.05) is 6.07 Å². The second-order valence-electron chi connectivity index (χ2n) is 3.97. The third-order valence-electron chi connectivity index (χ3n) is 2.52. The molecule has 19 heavy (non-hydrogen) atoms. The van der Waals surface area contributed by atoms with Crippen molar-refractivity contribution in [2.24, 2.45) is 0 Å². The van der Waals surface area contributed by atoms with Gasteiger partial charge in [0.15, 0.2) is 9.84 Å². The zero-order chi connectivity index (χ0) is 14.3. The standard InChI is InChI=1S/C11H9F3N2O2S/c1-19(17,18)10-3-2-7(8-5-15-16-6-8)4-9(10)11(12,13)14/h2-6H,1H3,(H,15,16). The number of aromatic amines is 1. The highest BCUT2D eigenvalue weighted by Gasteiger charge is 2.36. The molecule has 1 aromatic heterocycles. The molecule has 102 valence electrons. The number of alkyl halides is 3. The molecule has 4 nitrogen and oxygen atoms in total. The summed E-state index contributed by atoms with van der Waals surface area (Å²) >= 11 is 0. The Bertz CT molecular complexity index is 691. The third-order valence-corrected chi connectivity index (χ3v) is 3.67. The quantitative estimate of drug-likeness (QED) is 0.924. The van der Waals surface area contributed by atoms with Crippen molar-refractivity contribution < 1.29 is 21.6 Å². The molecule has 1 heterocycles. The first-order chi connectivity index (χ1) is 8.69. The van der Waals surface area contributed by atoms with Gasteiger partial charge in [0.05, 0.1) is 16.7 Å². The lowest BCUT2D eigenvalue weighted by Crippen LogP contribution is -2.12. The van der Waals surface area contributed by atoms with Crippen LogP contribution in [0.1, 0.15) is 5.56 Å². The Hall–Kier alpha value is -1.83. The number of H-pyrrole nitrogens is 1. The van der Waals surface area contributed by atoms with Gasteiger partial charge in [-0.2, -0.15) is 18.3 Å². The molecule has 0 aliphatic heterocycles. The van der Waals surface area contributed by atoms with Crippen molar-refractivity contribution in [1.82, 2.24) is 10.2 Å². The smallest absolute Gasteiger partial charge is 0.285 e. The van der Waals surface area contributed by atoms with Crippen molar-refractivity contribution in [2.75, 3.05) is 6.26 Å². The lowest BCUT2D eigenvalue weighted by molar-refractivity contribution is -0.139. The Balaban J connectivity index is 2.68. The summed E-state index contributed by atoms with van der Waals surface area (Å²) < 4.78 is 61.5. The maximum atomic E-state index is 12.9. The molecule has 0 aliphatic rings. The first kappa shape index (κ1) is 13.6. The van der Waals surface area contributed by atoms with Crippen LogP contribution in [0.25, 0.3) is 11.1 Å². The first-order valence-corrected chi connectivity index (χ1v) is 6.99. The van der Waals surface area contributed by atoms with E-state index in [0.717, 1.165) is 18.4 Å².